The maximum Gasteiger partial charge on any atom is 0.174 e. The predicted octanol–water partition coefficient (Wildman–Crippen LogP) is 5.93. The van der Waals surface area contributed by atoms with E-state index in [0.29, 0.717) is 11.2 Å². The van der Waals surface area contributed by atoms with Crippen LogP contribution in [0.15, 0.2) is 54.7 Å². The van der Waals surface area contributed by atoms with Crippen molar-refractivity contribution < 1.29 is 4.39 Å². The van der Waals surface area contributed by atoms with Gasteiger partial charge in [-0.1, -0.05) is 18.9 Å². The molecule has 0 amide bonds. The topological polar surface area (TPSA) is 33.1 Å². The maximum atomic E-state index is 13.6. The first kappa shape index (κ1) is 20.2. The van der Waals surface area contributed by atoms with Crippen LogP contribution in [0, 0.1) is 19.7 Å². The highest BCUT2D eigenvalue weighted by Gasteiger charge is 2.42. The summed E-state index contributed by atoms with van der Waals surface area (Å²) < 4.78 is 16.2. The van der Waals surface area contributed by atoms with Crippen LogP contribution in [0.3, 0.4) is 0 Å². The minimum absolute atomic E-state index is 0.0609. The van der Waals surface area contributed by atoms with Crippen molar-refractivity contribution in [2.24, 2.45) is 0 Å². The van der Waals surface area contributed by atoms with E-state index in [1.807, 2.05) is 24.4 Å². The summed E-state index contributed by atoms with van der Waals surface area (Å²) in [7, 11) is 0. The lowest BCUT2D eigenvalue weighted by Gasteiger charge is -2.28. The predicted molar refractivity (Wildman–Crippen MR) is 126 cm³/mol. The number of benzene rings is 1. The third kappa shape index (κ3) is 3.53. The van der Waals surface area contributed by atoms with E-state index in [1.54, 1.807) is 12.1 Å². The van der Waals surface area contributed by atoms with E-state index in [2.05, 4.69) is 39.7 Å². The highest BCUT2D eigenvalue weighted by molar-refractivity contribution is 7.80. The molecule has 2 aromatic heterocycles. The number of thiocarbonyl (C=S) groups is 1. The highest BCUT2D eigenvalue weighted by atomic mass is 32.1. The number of aromatic nitrogens is 2. The summed E-state index contributed by atoms with van der Waals surface area (Å²) in [5.41, 5.74) is 5.65. The van der Waals surface area contributed by atoms with Crippen molar-refractivity contribution in [3.63, 3.8) is 0 Å². The smallest absolute Gasteiger partial charge is 0.174 e. The lowest BCUT2D eigenvalue weighted by molar-refractivity contribution is 0.494. The van der Waals surface area contributed by atoms with Gasteiger partial charge >= 0.3 is 0 Å². The number of anilines is 1. The SMILES string of the molecule is Cc1cc([C@@H]2[C@H](c3ccccn3)NC(=S)N2c2ccc(F)cc2)c(C)n1C1CCCC1. The standard InChI is InChI=1S/C25H27FN4S/c1-16-15-21(17(2)29(16)19-7-3-4-8-19)24-23(22-9-5-6-14-27-22)28-25(31)30(24)20-12-10-18(26)11-13-20/h5-6,9-15,19,23-24H,3-4,7-8H2,1-2H3,(H,28,31)/t23-,24+/m0/s1. The first-order chi connectivity index (χ1) is 15.0. The van der Waals surface area contributed by atoms with Crippen LogP contribution in [-0.4, -0.2) is 14.7 Å². The molecule has 4 nitrogen and oxygen atoms in total. The molecule has 1 saturated heterocycles. The van der Waals surface area contributed by atoms with Crippen LogP contribution >= 0.6 is 12.2 Å². The summed E-state index contributed by atoms with van der Waals surface area (Å²) in [5, 5.41) is 4.14. The van der Waals surface area contributed by atoms with Crippen molar-refractivity contribution in [2.45, 2.75) is 57.7 Å². The first-order valence-electron chi connectivity index (χ1n) is 11.0. The Morgan fingerprint density at radius 1 is 1.06 bits per heavy atom. The molecule has 160 valence electrons. The van der Waals surface area contributed by atoms with Crippen LogP contribution in [0.1, 0.15) is 66.5 Å². The Bertz CT molecular complexity index is 1090. The molecule has 0 radical (unpaired) electrons. The Labute approximate surface area is 188 Å². The molecule has 3 heterocycles. The second kappa shape index (κ2) is 8.08. The van der Waals surface area contributed by atoms with Crippen molar-refractivity contribution in [1.82, 2.24) is 14.9 Å². The number of pyridine rings is 1. The minimum atomic E-state index is -0.251. The Kier molecular flexibility index (Phi) is 5.26. The molecule has 1 saturated carbocycles. The number of halogens is 1. The molecule has 31 heavy (non-hydrogen) atoms. The summed E-state index contributed by atoms with van der Waals surface area (Å²) in [6, 6.07) is 15.3. The molecule has 1 aromatic carbocycles. The minimum Gasteiger partial charge on any atom is -0.351 e. The van der Waals surface area contributed by atoms with Gasteiger partial charge < -0.3 is 14.8 Å². The van der Waals surface area contributed by atoms with E-state index < -0.39 is 0 Å². The molecule has 1 aliphatic heterocycles. The first-order valence-corrected chi connectivity index (χ1v) is 11.4. The fourth-order valence-corrected chi connectivity index (χ4v) is 5.72. The van der Waals surface area contributed by atoms with E-state index in [4.69, 9.17) is 12.2 Å². The molecule has 1 N–H and O–H groups in total. The average Bonchev–Trinajstić information content (AvgIpc) is 3.47. The van der Waals surface area contributed by atoms with Gasteiger partial charge in [0.2, 0.25) is 0 Å². The molecule has 2 aliphatic rings. The van der Waals surface area contributed by atoms with Gasteiger partial charge in [0, 0.05) is 29.3 Å². The molecule has 2 atom stereocenters. The van der Waals surface area contributed by atoms with Crippen LogP contribution in [0.25, 0.3) is 0 Å². The van der Waals surface area contributed by atoms with Gasteiger partial charge in [-0.05, 0) is 86.9 Å². The van der Waals surface area contributed by atoms with Gasteiger partial charge in [0.1, 0.15) is 5.82 Å². The van der Waals surface area contributed by atoms with E-state index in [1.165, 1.54) is 54.8 Å². The summed E-state index contributed by atoms with van der Waals surface area (Å²) in [5.74, 6) is -0.251. The Morgan fingerprint density at radius 2 is 1.81 bits per heavy atom. The monoisotopic (exact) mass is 434 g/mol. The summed E-state index contributed by atoms with van der Waals surface area (Å²) in [6.45, 7) is 4.42. The molecule has 5 rings (SSSR count). The summed E-state index contributed by atoms with van der Waals surface area (Å²) >= 11 is 5.79. The van der Waals surface area contributed by atoms with Crippen molar-refractivity contribution in [1.29, 1.82) is 0 Å². The van der Waals surface area contributed by atoms with Crippen molar-refractivity contribution >= 4 is 23.0 Å². The van der Waals surface area contributed by atoms with E-state index in [-0.39, 0.29) is 17.9 Å². The molecular formula is C25H27FN4S. The lowest BCUT2D eigenvalue weighted by Crippen LogP contribution is -2.29. The number of rotatable bonds is 4. The molecule has 6 heteroatoms. The van der Waals surface area contributed by atoms with Crippen molar-refractivity contribution in [3.05, 3.63) is 83.2 Å². The summed E-state index contributed by atoms with van der Waals surface area (Å²) in [6.07, 6.45) is 6.89. The number of nitrogens with one attached hydrogen (secondary N) is 1. The zero-order valence-corrected chi connectivity index (χ0v) is 18.7. The second-order valence-corrected chi connectivity index (χ2v) is 8.99. The van der Waals surface area contributed by atoms with Gasteiger partial charge in [-0.2, -0.15) is 0 Å². The molecule has 0 spiro atoms. The van der Waals surface area contributed by atoms with Gasteiger partial charge in [-0.25, -0.2) is 4.39 Å². The quantitative estimate of drug-likeness (QED) is 0.516. The van der Waals surface area contributed by atoms with Gasteiger partial charge in [0.15, 0.2) is 5.11 Å². The largest absolute Gasteiger partial charge is 0.351 e. The average molecular weight is 435 g/mol. The van der Waals surface area contributed by atoms with E-state index in [0.717, 1.165) is 11.4 Å². The molecule has 1 aliphatic carbocycles. The number of aryl methyl sites for hydroxylation is 1. The Balaban J connectivity index is 1.64. The van der Waals surface area contributed by atoms with Gasteiger partial charge in [-0.3, -0.25) is 4.98 Å². The van der Waals surface area contributed by atoms with E-state index in [9.17, 15) is 4.39 Å². The zero-order valence-electron chi connectivity index (χ0n) is 17.9. The van der Waals surface area contributed by atoms with Crippen molar-refractivity contribution in [3.8, 4) is 0 Å². The van der Waals surface area contributed by atoms with Crippen LogP contribution in [0.5, 0.6) is 0 Å². The normalized spacial score (nSPS) is 21.6. The fraction of sp³-hybridized carbons (Fsp3) is 0.360. The lowest BCUT2D eigenvalue weighted by atomic mass is 9.96. The number of hydrogen-bond donors (Lipinski definition) is 1. The van der Waals surface area contributed by atoms with Crippen LogP contribution in [0.2, 0.25) is 0 Å². The Morgan fingerprint density at radius 3 is 2.48 bits per heavy atom. The van der Waals surface area contributed by atoms with Gasteiger partial charge in [0.25, 0.3) is 0 Å². The second-order valence-electron chi connectivity index (χ2n) is 8.61. The van der Waals surface area contributed by atoms with Crippen molar-refractivity contribution in [2.75, 3.05) is 4.90 Å². The number of nitrogens with zero attached hydrogens (tertiary/aromatic N) is 3. The highest BCUT2D eigenvalue weighted by Crippen LogP contribution is 2.44. The van der Waals surface area contributed by atoms with Gasteiger partial charge in [0.05, 0.1) is 17.8 Å². The van der Waals surface area contributed by atoms with E-state index >= 15 is 0 Å². The summed E-state index contributed by atoms with van der Waals surface area (Å²) in [4.78, 5) is 6.75. The van der Waals surface area contributed by atoms with Crippen LogP contribution < -0.4 is 10.2 Å². The molecule has 0 bridgehead atoms. The molecule has 0 unspecified atom stereocenters. The third-order valence-corrected chi connectivity index (χ3v) is 7.05. The van der Waals surface area contributed by atoms with Gasteiger partial charge in [-0.15, -0.1) is 0 Å². The zero-order chi connectivity index (χ0) is 21.5. The molecular weight excluding hydrogens is 407 g/mol. The number of hydrogen-bond acceptors (Lipinski definition) is 2. The molecule has 2 fully saturated rings. The van der Waals surface area contributed by atoms with Crippen LogP contribution in [-0.2, 0) is 0 Å². The fourth-order valence-electron chi connectivity index (χ4n) is 5.38. The third-order valence-electron chi connectivity index (χ3n) is 6.73. The Hall–Kier alpha value is -2.73. The maximum absolute atomic E-state index is 13.6. The van der Waals surface area contributed by atoms with Crippen LogP contribution in [0.4, 0.5) is 10.1 Å². The molecule has 3 aromatic rings.